The number of thiazole rings is 1. The van der Waals surface area contributed by atoms with Crippen molar-refractivity contribution in [2.24, 2.45) is 0 Å². The fraction of sp³-hybridized carbons (Fsp3) is 0.171. The van der Waals surface area contributed by atoms with Gasteiger partial charge in [-0.15, -0.1) is 11.3 Å². The summed E-state index contributed by atoms with van der Waals surface area (Å²) >= 11 is 1.66. The van der Waals surface area contributed by atoms with E-state index < -0.39 is 6.29 Å². The van der Waals surface area contributed by atoms with Crippen molar-refractivity contribution < 1.29 is 19.4 Å². The maximum atomic E-state index is 13.8. The summed E-state index contributed by atoms with van der Waals surface area (Å²) < 4.78 is 13.7. The summed E-state index contributed by atoms with van der Waals surface area (Å²) in [6.45, 7) is 2.40. The number of anilines is 1. The summed E-state index contributed by atoms with van der Waals surface area (Å²) in [5.74, 6) is -0.152. The maximum absolute atomic E-state index is 13.8. The van der Waals surface area contributed by atoms with E-state index in [1.165, 1.54) is 33.4 Å². The molecule has 2 atom stereocenters. The van der Waals surface area contributed by atoms with Gasteiger partial charge in [0.2, 0.25) is 6.29 Å². The molecule has 48 heavy (non-hydrogen) atoms. The van der Waals surface area contributed by atoms with Gasteiger partial charge in [0.25, 0.3) is 5.91 Å². The molecule has 2 N–H and O–H groups in total. The van der Waals surface area contributed by atoms with Gasteiger partial charge in [0, 0.05) is 23.6 Å². The molecule has 0 saturated heterocycles. The minimum Gasteiger partial charge on any atom is -0.459 e. The van der Waals surface area contributed by atoms with Gasteiger partial charge in [0.1, 0.15) is 5.01 Å². The maximum Gasteiger partial charge on any atom is 0.290 e. The first-order valence-electron chi connectivity index (χ1n) is 16.2. The van der Waals surface area contributed by atoms with Crippen LogP contribution in [-0.4, -0.2) is 22.3 Å². The number of aromatic nitrogens is 1. The normalized spacial score (nSPS) is 16.6. The molecule has 6 nitrogen and oxygen atoms in total. The van der Waals surface area contributed by atoms with E-state index in [0.717, 1.165) is 38.3 Å². The first-order valence-corrected chi connectivity index (χ1v) is 17.0. The molecule has 1 aliphatic heterocycles. The van der Waals surface area contributed by atoms with E-state index in [-0.39, 0.29) is 24.2 Å². The third kappa shape index (κ3) is 6.04. The van der Waals surface area contributed by atoms with E-state index in [9.17, 15) is 9.90 Å². The number of hydrogen-bond acceptors (Lipinski definition) is 6. The fourth-order valence-electron chi connectivity index (χ4n) is 6.64. The van der Waals surface area contributed by atoms with Gasteiger partial charge in [-0.25, -0.2) is 4.98 Å². The summed E-state index contributed by atoms with van der Waals surface area (Å²) in [5, 5.41) is 13.4. The number of carbonyl (C=O) groups is 1. The second-order valence-electron chi connectivity index (χ2n) is 12.4. The van der Waals surface area contributed by atoms with Crippen molar-refractivity contribution in [3.8, 4) is 21.7 Å². The Hall–Kier alpha value is -5.08. The largest absolute Gasteiger partial charge is 0.459 e. The number of rotatable bonds is 8. The lowest BCUT2D eigenvalue weighted by Crippen LogP contribution is -2.29. The van der Waals surface area contributed by atoms with E-state index >= 15 is 0 Å². The van der Waals surface area contributed by atoms with Gasteiger partial charge >= 0.3 is 0 Å². The molecule has 238 valence electrons. The van der Waals surface area contributed by atoms with E-state index in [1.807, 2.05) is 54.6 Å². The molecule has 2 aliphatic rings. The average molecular weight is 651 g/mol. The fourth-order valence-corrected chi connectivity index (χ4v) is 7.71. The SMILES string of the molecule is Cc1ccc2nc(-c3ccc(NC(=O)C4=C[C@H](c5cccc6c5Cc5ccccc5-6)C[C@H](OCc5ccc(CO)cc5)O4)cc3)sc2c1. The Kier molecular flexibility index (Phi) is 8.10. The van der Waals surface area contributed by atoms with Crippen LogP contribution in [0.3, 0.4) is 0 Å². The minimum absolute atomic E-state index is 0.00644. The van der Waals surface area contributed by atoms with Gasteiger partial charge in [-0.1, -0.05) is 72.8 Å². The highest BCUT2D eigenvalue weighted by Gasteiger charge is 2.32. The summed E-state index contributed by atoms with van der Waals surface area (Å²) in [6.07, 6.45) is 2.76. The first kappa shape index (κ1) is 30.3. The first-order chi connectivity index (χ1) is 23.5. The predicted molar refractivity (Wildman–Crippen MR) is 191 cm³/mol. The smallest absolute Gasteiger partial charge is 0.290 e. The highest BCUT2D eigenvalue weighted by molar-refractivity contribution is 7.21. The van der Waals surface area contributed by atoms with Gasteiger partial charge in [-0.05, 0) is 100 Å². The molecular weight excluding hydrogens is 617 g/mol. The van der Waals surface area contributed by atoms with Crippen LogP contribution >= 0.6 is 11.3 Å². The number of hydrogen-bond donors (Lipinski definition) is 2. The third-order valence-corrected chi connectivity index (χ3v) is 10.2. The molecule has 7 heteroatoms. The summed E-state index contributed by atoms with van der Waals surface area (Å²) in [6, 6.07) is 36.7. The number of allylic oxidation sites excluding steroid dienone is 1. The molecule has 0 spiro atoms. The Morgan fingerprint density at radius 1 is 0.938 bits per heavy atom. The zero-order valence-corrected chi connectivity index (χ0v) is 27.3. The number of fused-ring (bicyclic) bond motifs is 4. The van der Waals surface area contributed by atoms with Gasteiger partial charge in [-0.2, -0.15) is 0 Å². The van der Waals surface area contributed by atoms with Crippen molar-refractivity contribution in [1.82, 2.24) is 4.98 Å². The van der Waals surface area contributed by atoms with Gasteiger partial charge in [0.05, 0.1) is 23.4 Å². The van der Waals surface area contributed by atoms with Gasteiger partial charge in [0.15, 0.2) is 5.76 Å². The Bertz CT molecular complexity index is 2170. The van der Waals surface area contributed by atoms with Crippen molar-refractivity contribution in [3.63, 3.8) is 0 Å². The zero-order chi connectivity index (χ0) is 32.6. The number of nitrogens with one attached hydrogen (secondary N) is 1. The second-order valence-corrected chi connectivity index (χ2v) is 13.5. The molecular formula is C41H34N2O4S. The van der Waals surface area contributed by atoms with Gasteiger partial charge < -0.3 is 19.9 Å². The Labute approximate surface area is 283 Å². The van der Waals surface area contributed by atoms with Crippen LogP contribution in [0.1, 0.15) is 45.7 Å². The number of nitrogens with zero attached hydrogens (tertiary/aromatic N) is 1. The van der Waals surface area contributed by atoms with Crippen molar-refractivity contribution >= 4 is 33.1 Å². The predicted octanol–water partition coefficient (Wildman–Crippen LogP) is 8.90. The highest BCUT2D eigenvalue weighted by Crippen LogP contribution is 2.43. The average Bonchev–Trinajstić information content (AvgIpc) is 3.72. The molecule has 2 heterocycles. The van der Waals surface area contributed by atoms with Crippen LogP contribution in [0.25, 0.3) is 31.9 Å². The van der Waals surface area contributed by atoms with Crippen LogP contribution in [0.2, 0.25) is 0 Å². The summed E-state index contributed by atoms with van der Waals surface area (Å²) in [5.41, 5.74) is 12.0. The Morgan fingerprint density at radius 2 is 1.73 bits per heavy atom. The van der Waals surface area contributed by atoms with Crippen LogP contribution in [0.5, 0.6) is 0 Å². The zero-order valence-electron chi connectivity index (χ0n) is 26.5. The molecule has 0 saturated carbocycles. The van der Waals surface area contributed by atoms with Crippen LogP contribution in [0, 0.1) is 6.92 Å². The van der Waals surface area contributed by atoms with E-state index in [1.54, 1.807) is 11.3 Å². The van der Waals surface area contributed by atoms with E-state index in [0.29, 0.717) is 18.7 Å². The molecule has 0 fully saturated rings. The number of ether oxygens (including phenoxy) is 2. The van der Waals surface area contributed by atoms with Gasteiger partial charge in [-0.3, -0.25) is 4.79 Å². The molecule has 0 unspecified atom stereocenters. The highest BCUT2D eigenvalue weighted by atomic mass is 32.1. The molecule has 5 aromatic carbocycles. The Morgan fingerprint density at radius 3 is 2.56 bits per heavy atom. The molecule has 8 rings (SSSR count). The molecule has 1 aliphatic carbocycles. The number of amides is 1. The third-order valence-electron chi connectivity index (χ3n) is 9.14. The second kappa shape index (κ2) is 12.8. The van der Waals surface area contributed by atoms with Crippen LogP contribution < -0.4 is 5.32 Å². The molecule has 6 aromatic rings. The summed E-state index contributed by atoms with van der Waals surface area (Å²) in [4.78, 5) is 18.6. The quantitative estimate of drug-likeness (QED) is 0.172. The van der Waals surface area contributed by atoms with E-state index in [4.69, 9.17) is 14.5 Å². The topological polar surface area (TPSA) is 80.7 Å². The van der Waals surface area contributed by atoms with Crippen molar-refractivity contribution in [3.05, 3.63) is 154 Å². The van der Waals surface area contributed by atoms with Crippen LogP contribution in [0.4, 0.5) is 5.69 Å². The monoisotopic (exact) mass is 650 g/mol. The lowest BCUT2D eigenvalue weighted by atomic mass is 9.87. The number of aliphatic hydroxyl groups excluding tert-OH is 1. The number of carbonyl (C=O) groups excluding carboxylic acids is 1. The van der Waals surface area contributed by atoms with Crippen molar-refractivity contribution in [1.29, 1.82) is 0 Å². The molecule has 0 bridgehead atoms. The van der Waals surface area contributed by atoms with Crippen molar-refractivity contribution in [2.75, 3.05) is 5.32 Å². The van der Waals surface area contributed by atoms with E-state index in [2.05, 4.69) is 72.9 Å². The Balaban J connectivity index is 1.04. The molecule has 0 radical (unpaired) electrons. The summed E-state index contributed by atoms with van der Waals surface area (Å²) in [7, 11) is 0. The molecule has 1 aromatic heterocycles. The van der Waals surface area contributed by atoms with Crippen LogP contribution in [0.15, 0.2) is 121 Å². The number of aryl methyl sites for hydroxylation is 1. The standard InChI is InChI=1S/C41H34N2O4S/c1-25-9-18-36-38(19-25)48-41(43-36)28-14-16-31(17-15-28)42-40(45)37-21-30(22-39(47-37)46-24-27-12-10-26(23-44)11-13-27)33-7-4-8-34-32-6-3-2-5-29(32)20-35(33)34/h2-19,21,30,39,44H,20,22-24H2,1H3,(H,42,45)/t30-,39+/m0/s1. The minimum atomic E-state index is -0.622. The van der Waals surface area contributed by atoms with Crippen molar-refractivity contribution in [2.45, 2.75) is 45.2 Å². The lowest BCUT2D eigenvalue weighted by Gasteiger charge is -2.30. The molecule has 1 amide bonds. The number of benzene rings is 5. The van der Waals surface area contributed by atoms with Crippen LogP contribution in [-0.2, 0) is 33.9 Å². The number of aliphatic hydroxyl groups is 1. The lowest BCUT2D eigenvalue weighted by molar-refractivity contribution is -0.147.